The molecule has 0 spiro atoms. The van der Waals surface area contributed by atoms with E-state index in [-0.39, 0.29) is 0 Å². The normalized spacial score (nSPS) is 12.7. The van der Waals surface area contributed by atoms with Gasteiger partial charge in [0.25, 0.3) is 0 Å². The van der Waals surface area contributed by atoms with Crippen molar-refractivity contribution >= 4 is 11.3 Å². The highest BCUT2D eigenvalue weighted by Gasteiger charge is 2.17. The fourth-order valence-electron chi connectivity index (χ4n) is 1.66. The number of hydrogen-bond donors (Lipinski definition) is 1. The highest BCUT2D eigenvalue weighted by atomic mass is 32.1. The molecule has 2 rings (SSSR count). The number of nitrogens with zero attached hydrogens (tertiary/aromatic N) is 1. The molecule has 0 fully saturated rings. The predicted octanol–water partition coefficient (Wildman–Crippen LogP) is 2.39. The Morgan fingerprint density at radius 1 is 1.25 bits per heavy atom. The van der Waals surface area contributed by atoms with E-state index in [1.165, 1.54) is 10.6 Å². The number of aryl methyl sites for hydroxylation is 1. The zero-order valence-corrected chi connectivity index (χ0v) is 10.4. The van der Waals surface area contributed by atoms with Crippen molar-refractivity contribution in [3.05, 3.63) is 52.0 Å². The van der Waals surface area contributed by atoms with Gasteiger partial charge in [0.1, 0.15) is 6.10 Å². The van der Waals surface area contributed by atoms with Gasteiger partial charge < -0.3 is 5.11 Å². The Morgan fingerprint density at radius 2 is 1.94 bits per heavy atom. The Bertz CT molecular complexity index is 464. The second-order valence-corrected chi connectivity index (χ2v) is 5.00. The third-order valence-corrected chi connectivity index (χ3v) is 3.86. The lowest BCUT2D eigenvalue weighted by atomic mass is 10.1. The Balaban J connectivity index is 2.14. The maximum atomic E-state index is 10.1. The van der Waals surface area contributed by atoms with Crippen LogP contribution < -0.4 is 4.57 Å². The van der Waals surface area contributed by atoms with Crippen LogP contribution in [0.5, 0.6) is 0 Å². The standard InChI is InChI=1S/C13H16NOS/c1-10-11(2)16-9-14(10)8-13(15)12-6-4-3-5-7-12/h3-7,9,13,15H,8H2,1-2H3/q+1/t13-/m1/s1. The first-order valence-electron chi connectivity index (χ1n) is 5.35. The monoisotopic (exact) mass is 234 g/mol. The van der Waals surface area contributed by atoms with Crippen molar-refractivity contribution in [3.63, 3.8) is 0 Å². The molecule has 0 amide bonds. The molecule has 84 valence electrons. The van der Waals surface area contributed by atoms with Crippen LogP contribution >= 0.6 is 11.3 Å². The number of aliphatic hydroxyl groups is 1. The average molecular weight is 234 g/mol. The summed E-state index contributed by atoms with van der Waals surface area (Å²) in [7, 11) is 0. The van der Waals surface area contributed by atoms with Crippen LogP contribution in [0, 0.1) is 13.8 Å². The molecule has 0 unspecified atom stereocenters. The van der Waals surface area contributed by atoms with Crippen molar-refractivity contribution in [2.45, 2.75) is 26.5 Å². The van der Waals surface area contributed by atoms with E-state index in [1.54, 1.807) is 11.3 Å². The van der Waals surface area contributed by atoms with Gasteiger partial charge in [-0.3, -0.25) is 0 Å². The van der Waals surface area contributed by atoms with Crippen LogP contribution in [0.1, 0.15) is 22.2 Å². The van der Waals surface area contributed by atoms with Gasteiger partial charge in [0.15, 0.2) is 12.2 Å². The largest absolute Gasteiger partial charge is 0.382 e. The highest BCUT2D eigenvalue weighted by Crippen LogP contribution is 2.14. The van der Waals surface area contributed by atoms with Gasteiger partial charge in [0.05, 0.1) is 4.88 Å². The van der Waals surface area contributed by atoms with Gasteiger partial charge in [-0.05, 0) is 12.5 Å². The molecule has 1 aromatic carbocycles. The zero-order valence-electron chi connectivity index (χ0n) is 9.55. The van der Waals surface area contributed by atoms with Crippen LogP contribution in [0.15, 0.2) is 35.8 Å². The average Bonchev–Trinajstić information content (AvgIpc) is 2.62. The van der Waals surface area contributed by atoms with Gasteiger partial charge >= 0.3 is 0 Å². The summed E-state index contributed by atoms with van der Waals surface area (Å²) in [5.41, 5.74) is 4.27. The van der Waals surface area contributed by atoms with Gasteiger partial charge in [-0.1, -0.05) is 41.7 Å². The van der Waals surface area contributed by atoms with E-state index in [2.05, 4.69) is 23.9 Å². The molecule has 0 aliphatic heterocycles. The van der Waals surface area contributed by atoms with E-state index < -0.39 is 6.10 Å². The molecule has 0 saturated heterocycles. The minimum atomic E-state index is -0.432. The van der Waals surface area contributed by atoms with Crippen molar-refractivity contribution in [1.82, 2.24) is 0 Å². The molecular weight excluding hydrogens is 218 g/mol. The van der Waals surface area contributed by atoms with Gasteiger partial charge in [-0.15, -0.1) is 0 Å². The first-order chi connectivity index (χ1) is 7.68. The Morgan fingerprint density at radius 3 is 2.50 bits per heavy atom. The predicted molar refractivity (Wildman–Crippen MR) is 65.4 cm³/mol. The molecule has 1 aromatic heterocycles. The third-order valence-electron chi connectivity index (χ3n) is 2.85. The smallest absolute Gasteiger partial charge is 0.225 e. The molecule has 0 bridgehead atoms. The van der Waals surface area contributed by atoms with E-state index in [4.69, 9.17) is 0 Å². The van der Waals surface area contributed by atoms with Gasteiger partial charge in [0, 0.05) is 6.92 Å². The van der Waals surface area contributed by atoms with E-state index in [0.29, 0.717) is 6.54 Å². The van der Waals surface area contributed by atoms with Crippen molar-refractivity contribution in [2.24, 2.45) is 0 Å². The lowest BCUT2D eigenvalue weighted by molar-refractivity contribution is -0.706. The minimum absolute atomic E-state index is 0.432. The second kappa shape index (κ2) is 4.76. The lowest BCUT2D eigenvalue weighted by Crippen LogP contribution is -2.37. The molecule has 0 saturated carbocycles. The summed E-state index contributed by atoms with van der Waals surface area (Å²) >= 11 is 1.72. The number of aliphatic hydroxyl groups excluding tert-OH is 1. The van der Waals surface area contributed by atoms with Gasteiger partial charge in [0.2, 0.25) is 5.51 Å². The lowest BCUT2D eigenvalue weighted by Gasteiger charge is -2.06. The molecule has 16 heavy (non-hydrogen) atoms. The van der Waals surface area contributed by atoms with Crippen LogP contribution in [0.25, 0.3) is 0 Å². The molecule has 1 heterocycles. The van der Waals surface area contributed by atoms with E-state index in [0.717, 1.165) is 5.56 Å². The molecule has 0 aliphatic carbocycles. The SMILES string of the molecule is Cc1sc[n+](C[C@@H](O)c2ccccc2)c1C. The zero-order chi connectivity index (χ0) is 11.5. The quantitative estimate of drug-likeness (QED) is 0.810. The first kappa shape index (κ1) is 11.3. The third kappa shape index (κ3) is 2.31. The van der Waals surface area contributed by atoms with E-state index in [9.17, 15) is 5.11 Å². The number of aromatic nitrogens is 1. The van der Waals surface area contributed by atoms with Crippen LogP contribution in [0.2, 0.25) is 0 Å². The van der Waals surface area contributed by atoms with Crippen LogP contribution in [-0.2, 0) is 6.54 Å². The first-order valence-corrected chi connectivity index (χ1v) is 6.23. The van der Waals surface area contributed by atoms with Crippen molar-refractivity contribution in [2.75, 3.05) is 0 Å². The minimum Gasteiger partial charge on any atom is -0.382 e. The highest BCUT2D eigenvalue weighted by molar-refractivity contribution is 7.09. The number of rotatable bonds is 3. The Labute approximate surface area is 99.8 Å². The molecule has 3 heteroatoms. The van der Waals surface area contributed by atoms with Crippen LogP contribution in [-0.4, -0.2) is 5.11 Å². The molecule has 2 nitrogen and oxygen atoms in total. The van der Waals surface area contributed by atoms with Gasteiger partial charge in [-0.2, -0.15) is 4.57 Å². The summed E-state index contributed by atoms with van der Waals surface area (Å²) in [6.07, 6.45) is -0.432. The molecule has 1 N–H and O–H groups in total. The fraction of sp³-hybridized carbons (Fsp3) is 0.308. The summed E-state index contributed by atoms with van der Waals surface area (Å²) in [5.74, 6) is 0. The number of benzene rings is 1. The summed E-state index contributed by atoms with van der Waals surface area (Å²) in [4.78, 5) is 1.31. The second-order valence-electron chi connectivity index (χ2n) is 3.94. The van der Waals surface area contributed by atoms with Crippen molar-refractivity contribution in [3.8, 4) is 0 Å². The Kier molecular flexibility index (Phi) is 3.36. The summed E-state index contributed by atoms with van der Waals surface area (Å²) in [5, 5.41) is 10.1. The molecule has 1 atom stereocenters. The Hall–Kier alpha value is -1.19. The summed E-state index contributed by atoms with van der Waals surface area (Å²) < 4.78 is 2.11. The summed E-state index contributed by atoms with van der Waals surface area (Å²) in [6.45, 7) is 4.81. The van der Waals surface area contributed by atoms with Crippen LogP contribution in [0.3, 0.4) is 0 Å². The fourth-order valence-corrected chi connectivity index (χ4v) is 2.47. The van der Waals surface area contributed by atoms with Gasteiger partial charge in [-0.25, -0.2) is 0 Å². The molecule has 0 aliphatic rings. The molecule has 2 aromatic rings. The number of hydrogen-bond acceptors (Lipinski definition) is 2. The number of thiazole rings is 1. The van der Waals surface area contributed by atoms with Crippen molar-refractivity contribution < 1.29 is 9.67 Å². The van der Waals surface area contributed by atoms with E-state index >= 15 is 0 Å². The summed E-state index contributed by atoms with van der Waals surface area (Å²) in [6, 6.07) is 9.78. The van der Waals surface area contributed by atoms with Crippen molar-refractivity contribution in [1.29, 1.82) is 0 Å². The van der Waals surface area contributed by atoms with E-state index in [1.807, 2.05) is 30.3 Å². The topological polar surface area (TPSA) is 24.1 Å². The molecular formula is C13H16NOS+. The maximum Gasteiger partial charge on any atom is 0.225 e. The molecule has 0 radical (unpaired) electrons. The van der Waals surface area contributed by atoms with Crippen LogP contribution in [0.4, 0.5) is 0 Å². The maximum absolute atomic E-state index is 10.1.